The first kappa shape index (κ1) is 22.8. The van der Waals surface area contributed by atoms with Crippen molar-refractivity contribution in [2.45, 2.75) is 32.2 Å². The second-order valence-electron chi connectivity index (χ2n) is 8.89. The summed E-state index contributed by atoms with van der Waals surface area (Å²) in [6.45, 7) is 5.22. The van der Waals surface area contributed by atoms with Gasteiger partial charge < -0.3 is 15.0 Å². The number of nitrogens with zero attached hydrogens (tertiary/aromatic N) is 4. The van der Waals surface area contributed by atoms with Crippen LogP contribution >= 0.6 is 0 Å². The van der Waals surface area contributed by atoms with E-state index >= 15 is 0 Å². The van der Waals surface area contributed by atoms with Gasteiger partial charge in [0.25, 0.3) is 0 Å². The molecule has 0 spiro atoms. The first-order valence-electron chi connectivity index (χ1n) is 11.0. The number of halogens is 1. The van der Waals surface area contributed by atoms with E-state index in [4.69, 9.17) is 4.74 Å². The number of amides is 2. The standard InChI is InChI=1S/C24H28FN5O3/c1-24(2,27-22(31)14-18-5-3-4-6-20(18)25)23(32)29-11-12-33-16-17(15-29)13-19-7-8-21-26-9-10-30(21)28-19/h3-10,17H,11-16H2,1-2H3,(H,27,31)/t17-/m0/s1. The van der Waals surface area contributed by atoms with E-state index in [-0.39, 0.29) is 18.2 Å². The van der Waals surface area contributed by atoms with Gasteiger partial charge in [-0.15, -0.1) is 0 Å². The minimum Gasteiger partial charge on any atom is -0.379 e. The van der Waals surface area contributed by atoms with E-state index < -0.39 is 17.3 Å². The minimum absolute atomic E-state index is 0.0647. The number of benzene rings is 1. The average molecular weight is 454 g/mol. The minimum atomic E-state index is -1.13. The highest BCUT2D eigenvalue weighted by molar-refractivity contribution is 5.91. The van der Waals surface area contributed by atoms with Crippen LogP contribution in [-0.2, 0) is 27.2 Å². The zero-order valence-electron chi connectivity index (χ0n) is 18.8. The Morgan fingerprint density at radius 3 is 2.88 bits per heavy atom. The first-order chi connectivity index (χ1) is 15.8. The Balaban J connectivity index is 1.39. The summed E-state index contributed by atoms with van der Waals surface area (Å²) >= 11 is 0. The number of carbonyl (C=O) groups excluding carboxylic acids is 2. The van der Waals surface area contributed by atoms with Crippen molar-refractivity contribution in [2.75, 3.05) is 26.3 Å². The molecular weight excluding hydrogens is 425 g/mol. The summed E-state index contributed by atoms with van der Waals surface area (Å²) in [5, 5.41) is 7.34. The molecule has 0 saturated carbocycles. The van der Waals surface area contributed by atoms with Crippen LogP contribution in [0.15, 0.2) is 48.8 Å². The molecule has 1 aliphatic heterocycles. The van der Waals surface area contributed by atoms with Crippen LogP contribution in [0.25, 0.3) is 5.65 Å². The number of hydrogen-bond acceptors (Lipinski definition) is 5. The number of hydrogen-bond donors (Lipinski definition) is 1. The van der Waals surface area contributed by atoms with Crippen molar-refractivity contribution in [1.29, 1.82) is 0 Å². The molecule has 1 atom stereocenters. The maximum absolute atomic E-state index is 13.9. The molecule has 0 bridgehead atoms. The van der Waals surface area contributed by atoms with Crippen molar-refractivity contribution in [3.63, 3.8) is 0 Å². The Kier molecular flexibility index (Phi) is 6.69. The Morgan fingerprint density at radius 2 is 2.06 bits per heavy atom. The summed E-state index contributed by atoms with van der Waals surface area (Å²) in [5.74, 6) is -0.974. The van der Waals surface area contributed by atoms with E-state index in [1.807, 2.05) is 12.1 Å². The van der Waals surface area contributed by atoms with Crippen LogP contribution < -0.4 is 5.32 Å². The van der Waals surface area contributed by atoms with Gasteiger partial charge in [0.15, 0.2) is 5.65 Å². The second kappa shape index (κ2) is 9.66. The normalized spacial score (nSPS) is 17.1. The van der Waals surface area contributed by atoms with E-state index in [0.717, 1.165) is 11.3 Å². The quantitative estimate of drug-likeness (QED) is 0.617. The third-order valence-corrected chi connectivity index (χ3v) is 5.73. The predicted molar refractivity (Wildman–Crippen MR) is 120 cm³/mol. The molecular formula is C24H28FN5O3. The number of fused-ring (bicyclic) bond motifs is 1. The molecule has 3 heterocycles. The number of imidazole rings is 1. The Morgan fingerprint density at radius 1 is 1.24 bits per heavy atom. The van der Waals surface area contributed by atoms with E-state index in [1.54, 1.807) is 53.9 Å². The molecule has 4 rings (SSSR count). The van der Waals surface area contributed by atoms with Crippen LogP contribution in [0.5, 0.6) is 0 Å². The lowest BCUT2D eigenvalue weighted by Crippen LogP contribution is -2.57. The van der Waals surface area contributed by atoms with Gasteiger partial charge in [0.1, 0.15) is 11.4 Å². The number of aromatic nitrogens is 3. The molecule has 8 nitrogen and oxygen atoms in total. The van der Waals surface area contributed by atoms with Crippen LogP contribution in [0, 0.1) is 11.7 Å². The van der Waals surface area contributed by atoms with E-state index in [0.29, 0.717) is 38.3 Å². The summed E-state index contributed by atoms with van der Waals surface area (Å²) in [4.78, 5) is 31.8. The smallest absolute Gasteiger partial charge is 0.247 e. The van der Waals surface area contributed by atoms with Gasteiger partial charge in [-0.3, -0.25) is 9.59 Å². The Hall–Kier alpha value is -3.33. The fourth-order valence-corrected chi connectivity index (χ4v) is 4.10. The lowest BCUT2D eigenvalue weighted by atomic mass is 9.99. The van der Waals surface area contributed by atoms with Gasteiger partial charge in [-0.05, 0) is 44.0 Å². The lowest BCUT2D eigenvalue weighted by Gasteiger charge is -2.33. The molecule has 33 heavy (non-hydrogen) atoms. The van der Waals surface area contributed by atoms with Gasteiger partial charge in [0.2, 0.25) is 11.8 Å². The summed E-state index contributed by atoms with van der Waals surface area (Å²) in [6.07, 6.45) is 4.02. The van der Waals surface area contributed by atoms with Gasteiger partial charge in [-0.1, -0.05) is 18.2 Å². The molecule has 1 aliphatic rings. The van der Waals surface area contributed by atoms with Crippen molar-refractivity contribution in [1.82, 2.24) is 24.8 Å². The number of nitrogens with one attached hydrogen (secondary N) is 1. The van der Waals surface area contributed by atoms with Crippen LogP contribution in [0.2, 0.25) is 0 Å². The van der Waals surface area contributed by atoms with Crippen LogP contribution in [0.1, 0.15) is 25.1 Å². The third-order valence-electron chi connectivity index (χ3n) is 5.73. The summed E-state index contributed by atoms with van der Waals surface area (Å²) in [6, 6.07) is 9.98. The Bertz CT molecular complexity index is 1150. The maximum atomic E-state index is 13.9. The van der Waals surface area contributed by atoms with E-state index in [9.17, 15) is 14.0 Å². The molecule has 2 amide bonds. The molecule has 9 heteroatoms. The average Bonchev–Trinajstić information content (AvgIpc) is 3.12. The SMILES string of the molecule is CC(C)(NC(=O)Cc1ccccc1F)C(=O)N1CCOC[C@@H](Cc2ccc3nccn3n2)C1. The molecule has 0 aliphatic carbocycles. The lowest BCUT2D eigenvalue weighted by molar-refractivity contribution is -0.140. The van der Waals surface area contributed by atoms with Crippen LogP contribution in [0.4, 0.5) is 4.39 Å². The molecule has 1 aromatic carbocycles. The number of carbonyl (C=O) groups is 2. The van der Waals surface area contributed by atoms with Crippen molar-refractivity contribution >= 4 is 17.5 Å². The van der Waals surface area contributed by atoms with Gasteiger partial charge in [-0.2, -0.15) is 5.10 Å². The highest BCUT2D eigenvalue weighted by Gasteiger charge is 2.35. The van der Waals surface area contributed by atoms with Crippen LogP contribution in [0.3, 0.4) is 0 Å². The molecule has 0 unspecified atom stereocenters. The number of ether oxygens (including phenoxy) is 1. The van der Waals surface area contributed by atoms with E-state index in [1.165, 1.54) is 6.07 Å². The summed E-state index contributed by atoms with van der Waals surface area (Å²) in [5.41, 5.74) is 0.829. The fourth-order valence-electron chi connectivity index (χ4n) is 4.10. The third kappa shape index (κ3) is 5.54. The zero-order valence-corrected chi connectivity index (χ0v) is 18.8. The largest absolute Gasteiger partial charge is 0.379 e. The maximum Gasteiger partial charge on any atom is 0.247 e. The van der Waals surface area contributed by atoms with Gasteiger partial charge in [0.05, 0.1) is 25.3 Å². The summed E-state index contributed by atoms with van der Waals surface area (Å²) in [7, 11) is 0. The van der Waals surface area contributed by atoms with Crippen molar-refractivity contribution in [2.24, 2.45) is 5.92 Å². The zero-order chi connectivity index (χ0) is 23.4. The molecule has 1 saturated heterocycles. The van der Waals surface area contributed by atoms with Crippen molar-refractivity contribution in [3.05, 3.63) is 65.9 Å². The summed E-state index contributed by atoms with van der Waals surface area (Å²) < 4.78 is 21.4. The predicted octanol–water partition coefficient (Wildman–Crippen LogP) is 2.02. The highest BCUT2D eigenvalue weighted by atomic mass is 19.1. The highest BCUT2D eigenvalue weighted by Crippen LogP contribution is 2.17. The van der Waals surface area contributed by atoms with Gasteiger partial charge in [0, 0.05) is 31.4 Å². The molecule has 1 N–H and O–H groups in total. The fraction of sp³-hybridized carbons (Fsp3) is 0.417. The van der Waals surface area contributed by atoms with Gasteiger partial charge in [-0.25, -0.2) is 13.9 Å². The molecule has 2 aromatic heterocycles. The topological polar surface area (TPSA) is 88.8 Å². The number of rotatable bonds is 6. The first-order valence-corrected chi connectivity index (χ1v) is 11.0. The molecule has 3 aromatic rings. The molecule has 174 valence electrons. The monoisotopic (exact) mass is 453 g/mol. The Labute approximate surface area is 191 Å². The molecule has 1 fully saturated rings. The van der Waals surface area contributed by atoms with Crippen molar-refractivity contribution in [3.8, 4) is 0 Å². The van der Waals surface area contributed by atoms with Gasteiger partial charge >= 0.3 is 0 Å². The molecule has 0 radical (unpaired) electrons. The van der Waals surface area contributed by atoms with Crippen LogP contribution in [-0.4, -0.2) is 63.2 Å². The van der Waals surface area contributed by atoms with Crippen molar-refractivity contribution < 1.29 is 18.7 Å². The van der Waals surface area contributed by atoms with E-state index in [2.05, 4.69) is 15.4 Å². The second-order valence-corrected chi connectivity index (χ2v) is 8.89.